The number of aliphatic carboxylic acids is 1. The third-order valence-corrected chi connectivity index (χ3v) is 2.77. The van der Waals surface area contributed by atoms with E-state index in [2.05, 4.69) is 0 Å². The minimum Gasteiger partial charge on any atom is -0.480 e. The van der Waals surface area contributed by atoms with Crippen LogP contribution in [0.4, 0.5) is 0 Å². The summed E-state index contributed by atoms with van der Waals surface area (Å²) >= 11 is 0. The second-order valence-electron chi connectivity index (χ2n) is 4.00. The fourth-order valence-electron chi connectivity index (χ4n) is 1.68. The Balaban J connectivity index is 2.38. The van der Waals surface area contributed by atoms with Crippen LogP contribution in [0.3, 0.4) is 0 Å². The van der Waals surface area contributed by atoms with Gasteiger partial charge in [0.05, 0.1) is 0 Å². The molecule has 1 saturated carbocycles. The maximum absolute atomic E-state index is 11.7. The standard InChI is InChI=1S/C10H18N2O3/c11-4-5-12(7-10(14)15)9(13)6-8-2-1-3-8/h8H,1-7,11H2,(H,14,15). The Morgan fingerprint density at radius 1 is 1.40 bits per heavy atom. The van der Waals surface area contributed by atoms with E-state index >= 15 is 0 Å². The van der Waals surface area contributed by atoms with Gasteiger partial charge < -0.3 is 15.7 Å². The molecule has 0 aromatic carbocycles. The van der Waals surface area contributed by atoms with Crippen LogP contribution in [0.2, 0.25) is 0 Å². The molecule has 0 saturated heterocycles. The average Bonchev–Trinajstić information content (AvgIpc) is 2.09. The molecule has 15 heavy (non-hydrogen) atoms. The van der Waals surface area contributed by atoms with Gasteiger partial charge in [-0.25, -0.2) is 0 Å². The van der Waals surface area contributed by atoms with E-state index in [1.807, 2.05) is 0 Å². The van der Waals surface area contributed by atoms with Crippen LogP contribution in [0.15, 0.2) is 0 Å². The molecule has 0 atom stereocenters. The van der Waals surface area contributed by atoms with E-state index in [0.29, 0.717) is 25.4 Å². The van der Waals surface area contributed by atoms with E-state index in [1.165, 1.54) is 11.3 Å². The van der Waals surface area contributed by atoms with Gasteiger partial charge in [-0.1, -0.05) is 6.42 Å². The fourth-order valence-corrected chi connectivity index (χ4v) is 1.68. The van der Waals surface area contributed by atoms with Gasteiger partial charge in [-0.15, -0.1) is 0 Å². The predicted molar refractivity (Wildman–Crippen MR) is 55.2 cm³/mol. The first-order chi connectivity index (χ1) is 7.13. The summed E-state index contributed by atoms with van der Waals surface area (Å²) in [5.41, 5.74) is 5.33. The number of carboxylic acids is 1. The van der Waals surface area contributed by atoms with Crippen LogP contribution in [0.1, 0.15) is 25.7 Å². The van der Waals surface area contributed by atoms with Gasteiger partial charge in [0.2, 0.25) is 5.91 Å². The normalized spacial score (nSPS) is 15.8. The molecule has 1 fully saturated rings. The molecule has 0 radical (unpaired) electrons. The van der Waals surface area contributed by atoms with Crippen LogP contribution in [-0.4, -0.2) is 41.5 Å². The SMILES string of the molecule is NCCN(CC(=O)O)C(=O)CC1CCC1. The van der Waals surface area contributed by atoms with E-state index in [-0.39, 0.29) is 12.5 Å². The van der Waals surface area contributed by atoms with E-state index in [9.17, 15) is 9.59 Å². The van der Waals surface area contributed by atoms with Gasteiger partial charge in [0.25, 0.3) is 0 Å². The first kappa shape index (κ1) is 12.0. The highest BCUT2D eigenvalue weighted by Gasteiger charge is 2.24. The number of rotatable bonds is 6. The lowest BCUT2D eigenvalue weighted by Crippen LogP contribution is -2.40. The molecule has 1 amide bonds. The quantitative estimate of drug-likeness (QED) is 0.654. The molecule has 5 nitrogen and oxygen atoms in total. The lowest BCUT2D eigenvalue weighted by Gasteiger charge is -2.28. The molecule has 1 aliphatic carbocycles. The number of hydrogen-bond donors (Lipinski definition) is 2. The second kappa shape index (κ2) is 5.70. The number of hydrogen-bond acceptors (Lipinski definition) is 3. The Kier molecular flexibility index (Phi) is 4.55. The van der Waals surface area contributed by atoms with Gasteiger partial charge in [0, 0.05) is 19.5 Å². The van der Waals surface area contributed by atoms with Gasteiger partial charge in [0.15, 0.2) is 0 Å². The molecule has 1 aliphatic rings. The number of nitrogens with zero attached hydrogens (tertiary/aromatic N) is 1. The zero-order chi connectivity index (χ0) is 11.3. The van der Waals surface area contributed by atoms with Crippen molar-refractivity contribution in [3.05, 3.63) is 0 Å². The van der Waals surface area contributed by atoms with E-state index in [1.54, 1.807) is 0 Å². The highest BCUT2D eigenvalue weighted by Crippen LogP contribution is 2.29. The van der Waals surface area contributed by atoms with E-state index in [4.69, 9.17) is 10.8 Å². The summed E-state index contributed by atoms with van der Waals surface area (Å²) < 4.78 is 0. The molecule has 0 spiro atoms. The average molecular weight is 214 g/mol. The lowest BCUT2D eigenvalue weighted by atomic mass is 9.82. The molecular weight excluding hydrogens is 196 g/mol. The van der Waals surface area contributed by atoms with Crippen molar-refractivity contribution in [3.63, 3.8) is 0 Å². The lowest BCUT2D eigenvalue weighted by molar-refractivity contribution is -0.145. The molecule has 5 heteroatoms. The molecule has 0 aliphatic heterocycles. The van der Waals surface area contributed by atoms with Crippen molar-refractivity contribution in [2.24, 2.45) is 11.7 Å². The zero-order valence-electron chi connectivity index (χ0n) is 8.82. The first-order valence-electron chi connectivity index (χ1n) is 5.33. The number of carbonyl (C=O) groups is 2. The Hall–Kier alpha value is -1.10. The van der Waals surface area contributed by atoms with Crippen molar-refractivity contribution in [1.82, 2.24) is 4.90 Å². The van der Waals surface area contributed by atoms with Crippen molar-refractivity contribution in [2.45, 2.75) is 25.7 Å². The topological polar surface area (TPSA) is 83.6 Å². The maximum Gasteiger partial charge on any atom is 0.323 e. The van der Waals surface area contributed by atoms with Crippen LogP contribution in [0.25, 0.3) is 0 Å². The number of nitrogens with two attached hydrogens (primary N) is 1. The predicted octanol–water partition coefficient (Wildman–Crippen LogP) is 0.0485. The third-order valence-electron chi connectivity index (χ3n) is 2.77. The summed E-state index contributed by atoms with van der Waals surface area (Å²) in [6, 6.07) is 0. The Labute approximate surface area is 89.2 Å². The van der Waals surface area contributed by atoms with Crippen LogP contribution < -0.4 is 5.73 Å². The number of amides is 1. The van der Waals surface area contributed by atoms with E-state index < -0.39 is 5.97 Å². The molecule has 3 N–H and O–H groups in total. The monoisotopic (exact) mass is 214 g/mol. The fraction of sp³-hybridized carbons (Fsp3) is 0.800. The highest BCUT2D eigenvalue weighted by atomic mass is 16.4. The smallest absolute Gasteiger partial charge is 0.323 e. The summed E-state index contributed by atoms with van der Waals surface area (Å²) in [5, 5.41) is 8.63. The molecule has 0 heterocycles. The van der Waals surface area contributed by atoms with Gasteiger partial charge in [-0.2, -0.15) is 0 Å². The summed E-state index contributed by atoms with van der Waals surface area (Å²) in [5.74, 6) is -0.593. The second-order valence-corrected chi connectivity index (χ2v) is 4.00. The molecule has 0 unspecified atom stereocenters. The van der Waals surface area contributed by atoms with Crippen LogP contribution >= 0.6 is 0 Å². The Bertz CT molecular complexity index is 239. The van der Waals surface area contributed by atoms with Gasteiger partial charge in [-0.05, 0) is 18.8 Å². The van der Waals surface area contributed by atoms with E-state index in [0.717, 1.165) is 12.8 Å². The van der Waals surface area contributed by atoms with Crippen molar-refractivity contribution >= 4 is 11.9 Å². The third kappa shape index (κ3) is 3.87. The largest absolute Gasteiger partial charge is 0.480 e. The molecule has 0 bridgehead atoms. The van der Waals surface area contributed by atoms with Gasteiger partial charge >= 0.3 is 5.97 Å². The Morgan fingerprint density at radius 2 is 2.07 bits per heavy atom. The summed E-state index contributed by atoms with van der Waals surface area (Å²) in [7, 11) is 0. The molecule has 0 aromatic rings. The van der Waals surface area contributed by atoms with Crippen LogP contribution in [0, 0.1) is 5.92 Å². The van der Waals surface area contributed by atoms with Crippen molar-refractivity contribution in [1.29, 1.82) is 0 Å². The minimum atomic E-state index is -0.981. The summed E-state index contributed by atoms with van der Waals surface area (Å²) in [4.78, 5) is 23.5. The number of carbonyl (C=O) groups excluding carboxylic acids is 1. The maximum atomic E-state index is 11.7. The summed E-state index contributed by atoms with van der Waals surface area (Å²) in [6.07, 6.45) is 3.85. The number of carboxylic acid groups (broad SMARTS) is 1. The molecular formula is C10H18N2O3. The van der Waals surface area contributed by atoms with Crippen molar-refractivity contribution in [3.8, 4) is 0 Å². The van der Waals surface area contributed by atoms with Gasteiger partial charge in [0.1, 0.15) is 6.54 Å². The van der Waals surface area contributed by atoms with Crippen LogP contribution in [-0.2, 0) is 9.59 Å². The first-order valence-corrected chi connectivity index (χ1v) is 5.33. The minimum absolute atomic E-state index is 0.0763. The van der Waals surface area contributed by atoms with Crippen LogP contribution in [0.5, 0.6) is 0 Å². The zero-order valence-corrected chi connectivity index (χ0v) is 8.82. The van der Waals surface area contributed by atoms with Crippen molar-refractivity contribution in [2.75, 3.05) is 19.6 Å². The Morgan fingerprint density at radius 3 is 2.47 bits per heavy atom. The highest BCUT2D eigenvalue weighted by molar-refractivity contribution is 5.81. The summed E-state index contributed by atoms with van der Waals surface area (Å²) in [6.45, 7) is 0.407. The molecule has 1 rings (SSSR count). The van der Waals surface area contributed by atoms with Gasteiger partial charge in [-0.3, -0.25) is 9.59 Å². The van der Waals surface area contributed by atoms with Crippen molar-refractivity contribution < 1.29 is 14.7 Å². The molecule has 86 valence electrons. The molecule has 0 aromatic heterocycles.